The number of methoxy groups -OCH3 is 1. The first-order valence-electron chi connectivity index (χ1n) is 8.37. The number of thiocarbonyl (C=S) groups is 1. The topological polar surface area (TPSA) is 79.5 Å². The normalized spacial score (nSPS) is 10.7. The monoisotopic (exact) mass is 385 g/mol. The van der Waals surface area contributed by atoms with Crippen LogP contribution in [-0.2, 0) is 0 Å². The lowest BCUT2D eigenvalue weighted by Gasteiger charge is -2.21. The Balaban J connectivity index is 2.07. The predicted molar refractivity (Wildman–Crippen MR) is 110 cm³/mol. The number of amides is 2. The molecule has 3 N–H and O–H groups in total. The summed E-state index contributed by atoms with van der Waals surface area (Å²) in [5.74, 6) is 0.0766. The van der Waals surface area contributed by atoms with Crippen LogP contribution in [0.1, 0.15) is 41.5 Å². The Morgan fingerprint density at radius 3 is 2.19 bits per heavy atom. The third kappa shape index (κ3) is 6.07. The van der Waals surface area contributed by atoms with Crippen molar-refractivity contribution in [2.45, 2.75) is 26.3 Å². The van der Waals surface area contributed by atoms with Crippen LogP contribution in [0.15, 0.2) is 48.5 Å². The van der Waals surface area contributed by atoms with E-state index in [4.69, 9.17) is 17.0 Å². The molecule has 0 aliphatic heterocycles. The summed E-state index contributed by atoms with van der Waals surface area (Å²) in [4.78, 5) is 24.8. The smallest absolute Gasteiger partial charge is 0.257 e. The Labute approximate surface area is 164 Å². The molecule has 2 amide bonds. The predicted octanol–water partition coefficient (Wildman–Crippen LogP) is 3.35. The van der Waals surface area contributed by atoms with Crippen molar-refractivity contribution in [1.82, 2.24) is 10.6 Å². The fraction of sp³-hybridized carbons (Fsp3) is 0.250. The summed E-state index contributed by atoms with van der Waals surface area (Å²) in [5, 5.41) is 8.53. The average Bonchev–Trinajstić information content (AvgIpc) is 2.60. The van der Waals surface area contributed by atoms with Gasteiger partial charge in [0.05, 0.1) is 18.4 Å². The minimum Gasteiger partial charge on any atom is -0.497 e. The van der Waals surface area contributed by atoms with E-state index in [0.717, 1.165) is 0 Å². The number of anilines is 1. The standard InChI is InChI=1S/C20H23N3O3S/c1-20(2,3)23-18(25)15-7-5-6-8-16(15)21-19(27)22-17(24)13-9-11-14(26-4)12-10-13/h5-12H,1-4H3,(H,23,25)(H2,21,22,24,27). The number of rotatable bonds is 4. The number of carbonyl (C=O) groups is 2. The SMILES string of the molecule is COc1ccc(C(=O)NC(=S)Nc2ccccc2C(=O)NC(C)(C)C)cc1. The van der Waals surface area contributed by atoms with Gasteiger partial charge in [0.2, 0.25) is 0 Å². The zero-order chi connectivity index (χ0) is 20.0. The van der Waals surface area contributed by atoms with Crippen LogP contribution >= 0.6 is 12.2 Å². The van der Waals surface area contributed by atoms with Gasteiger partial charge in [0.15, 0.2) is 5.11 Å². The second-order valence-corrected chi connectivity index (χ2v) is 7.29. The van der Waals surface area contributed by atoms with Crippen LogP contribution in [0.3, 0.4) is 0 Å². The molecule has 0 radical (unpaired) electrons. The fourth-order valence-corrected chi connectivity index (χ4v) is 2.47. The quantitative estimate of drug-likeness (QED) is 0.704. The zero-order valence-electron chi connectivity index (χ0n) is 15.8. The second-order valence-electron chi connectivity index (χ2n) is 6.89. The van der Waals surface area contributed by atoms with Crippen LogP contribution in [0, 0.1) is 0 Å². The number of carbonyl (C=O) groups excluding carboxylic acids is 2. The van der Waals surface area contributed by atoms with Crippen molar-refractivity contribution in [3.05, 3.63) is 59.7 Å². The number of hydrogen-bond donors (Lipinski definition) is 3. The first kappa shape index (κ1) is 20.4. The van der Waals surface area contributed by atoms with Gasteiger partial charge in [-0.3, -0.25) is 14.9 Å². The van der Waals surface area contributed by atoms with Gasteiger partial charge in [-0.05, 0) is 69.4 Å². The number of benzene rings is 2. The zero-order valence-corrected chi connectivity index (χ0v) is 16.6. The Kier molecular flexibility index (Phi) is 6.52. The molecule has 0 heterocycles. The lowest BCUT2D eigenvalue weighted by molar-refractivity contribution is 0.0919. The number of ether oxygens (including phenoxy) is 1. The first-order chi connectivity index (χ1) is 12.7. The molecule has 0 spiro atoms. The van der Waals surface area contributed by atoms with Crippen molar-refractivity contribution in [3.8, 4) is 5.75 Å². The summed E-state index contributed by atoms with van der Waals surface area (Å²) in [6, 6.07) is 13.6. The lowest BCUT2D eigenvalue weighted by Crippen LogP contribution is -2.41. The third-order valence-electron chi connectivity index (χ3n) is 3.49. The number of para-hydroxylation sites is 1. The van der Waals surface area contributed by atoms with E-state index in [-0.39, 0.29) is 22.5 Å². The van der Waals surface area contributed by atoms with Crippen LogP contribution < -0.4 is 20.7 Å². The van der Waals surface area contributed by atoms with Gasteiger partial charge in [0.1, 0.15) is 5.75 Å². The van der Waals surface area contributed by atoms with Crippen molar-refractivity contribution < 1.29 is 14.3 Å². The molecule has 0 bridgehead atoms. The Morgan fingerprint density at radius 2 is 1.59 bits per heavy atom. The molecule has 27 heavy (non-hydrogen) atoms. The molecule has 0 fully saturated rings. The Morgan fingerprint density at radius 1 is 0.963 bits per heavy atom. The molecule has 2 aromatic carbocycles. The van der Waals surface area contributed by atoms with E-state index in [9.17, 15) is 9.59 Å². The summed E-state index contributed by atoms with van der Waals surface area (Å²) < 4.78 is 5.07. The molecule has 0 saturated heterocycles. The molecule has 7 heteroatoms. The highest BCUT2D eigenvalue weighted by Crippen LogP contribution is 2.16. The maximum Gasteiger partial charge on any atom is 0.257 e. The van der Waals surface area contributed by atoms with Gasteiger partial charge in [-0.2, -0.15) is 0 Å². The van der Waals surface area contributed by atoms with Gasteiger partial charge in [0.25, 0.3) is 11.8 Å². The number of nitrogens with one attached hydrogen (secondary N) is 3. The molecule has 6 nitrogen and oxygen atoms in total. The molecule has 0 aliphatic rings. The average molecular weight is 385 g/mol. The molecule has 0 saturated carbocycles. The van der Waals surface area contributed by atoms with Gasteiger partial charge >= 0.3 is 0 Å². The van der Waals surface area contributed by atoms with Crippen molar-refractivity contribution in [3.63, 3.8) is 0 Å². The molecule has 2 aromatic rings. The third-order valence-corrected chi connectivity index (χ3v) is 3.69. The first-order valence-corrected chi connectivity index (χ1v) is 8.78. The van der Waals surface area contributed by atoms with E-state index in [1.807, 2.05) is 20.8 Å². The van der Waals surface area contributed by atoms with Gasteiger partial charge in [-0.1, -0.05) is 12.1 Å². The van der Waals surface area contributed by atoms with Gasteiger partial charge in [-0.25, -0.2) is 0 Å². The molecule has 0 aromatic heterocycles. The lowest BCUT2D eigenvalue weighted by atomic mass is 10.1. The Bertz CT molecular complexity index is 842. The van der Waals surface area contributed by atoms with Crippen molar-refractivity contribution >= 4 is 34.8 Å². The second kappa shape index (κ2) is 8.64. The summed E-state index contributed by atoms with van der Waals surface area (Å²) in [6.07, 6.45) is 0. The summed E-state index contributed by atoms with van der Waals surface area (Å²) in [5.41, 5.74) is 1.03. The van der Waals surface area contributed by atoms with Crippen LogP contribution in [0.4, 0.5) is 5.69 Å². The molecule has 142 valence electrons. The van der Waals surface area contributed by atoms with Crippen molar-refractivity contribution in [2.75, 3.05) is 12.4 Å². The molecule has 0 atom stereocenters. The largest absolute Gasteiger partial charge is 0.497 e. The van der Waals surface area contributed by atoms with Crippen LogP contribution in [0.25, 0.3) is 0 Å². The maximum absolute atomic E-state index is 12.5. The van der Waals surface area contributed by atoms with E-state index in [0.29, 0.717) is 22.6 Å². The molecule has 0 unspecified atom stereocenters. The highest BCUT2D eigenvalue weighted by Gasteiger charge is 2.18. The van der Waals surface area contributed by atoms with E-state index in [1.165, 1.54) is 0 Å². The highest BCUT2D eigenvalue weighted by atomic mass is 32.1. The van der Waals surface area contributed by atoms with Crippen LogP contribution in [-0.4, -0.2) is 29.6 Å². The van der Waals surface area contributed by atoms with E-state index in [1.54, 1.807) is 55.6 Å². The van der Waals surface area contributed by atoms with Crippen molar-refractivity contribution in [2.24, 2.45) is 0 Å². The minimum absolute atomic E-state index is 0.104. The summed E-state index contributed by atoms with van der Waals surface area (Å²) in [6.45, 7) is 5.71. The fourth-order valence-electron chi connectivity index (χ4n) is 2.27. The van der Waals surface area contributed by atoms with Gasteiger partial charge in [0, 0.05) is 11.1 Å². The van der Waals surface area contributed by atoms with E-state index >= 15 is 0 Å². The van der Waals surface area contributed by atoms with Crippen molar-refractivity contribution in [1.29, 1.82) is 0 Å². The molecule has 2 rings (SSSR count). The highest BCUT2D eigenvalue weighted by molar-refractivity contribution is 7.80. The Hall–Kier alpha value is -2.93. The minimum atomic E-state index is -0.368. The maximum atomic E-state index is 12.5. The van der Waals surface area contributed by atoms with Gasteiger partial charge in [-0.15, -0.1) is 0 Å². The number of hydrogen-bond acceptors (Lipinski definition) is 4. The summed E-state index contributed by atoms with van der Waals surface area (Å²) >= 11 is 5.22. The van der Waals surface area contributed by atoms with Crippen LogP contribution in [0.5, 0.6) is 5.75 Å². The van der Waals surface area contributed by atoms with E-state index < -0.39 is 0 Å². The molecule has 0 aliphatic carbocycles. The summed E-state index contributed by atoms with van der Waals surface area (Å²) in [7, 11) is 1.56. The van der Waals surface area contributed by atoms with Gasteiger partial charge < -0.3 is 15.4 Å². The van der Waals surface area contributed by atoms with E-state index in [2.05, 4.69) is 16.0 Å². The molecular formula is C20H23N3O3S. The molecular weight excluding hydrogens is 362 g/mol. The van der Waals surface area contributed by atoms with Crippen LogP contribution in [0.2, 0.25) is 0 Å².